The van der Waals surface area contributed by atoms with Crippen molar-refractivity contribution >= 4 is 11.8 Å². The van der Waals surface area contributed by atoms with Crippen LogP contribution in [0, 0.1) is 40.4 Å². The Morgan fingerprint density at radius 2 is 2.28 bits per heavy atom. The average molecular weight is 245 g/mol. The van der Waals surface area contributed by atoms with Gasteiger partial charge in [0.2, 0.25) is 0 Å². The Morgan fingerprint density at radius 3 is 2.94 bits per heavy atom. The highest BCUT2D eigenvalue weighted by molar-refractivity contribution is 5.96. The fraction of sp³-hybridized carbons (Fsp3) is 0.643. The molecule has 18 heavy (non-hydrogen) atoms. The van der Waals surface area contributed by atoms with Crippen LogP contribution in [0.5, 0.6) is 0 Å². The smallest absolute Gasteiger partial charge is 0.327 e. The number of carbonyl (C=O) groups is 2. The third-order valence-corrected chi connectivity index (χ3v) is 4.69. The van der Waals surface area contributed by atoms with Gasteiger partial charge in [0.25, 0.3) is 0 Å². The van der Waals surface area contributed by atoms with E-state index in [0.717, 1.165) is 6.42 Å². The summed E-state index contributed by atoms with van der Waals surface area (Å²) in [7, 11) is 0. The molecular weight excluding hydrogens is 230 g/mol. The van der Waals surface area contributed by atoms with E-state index in [9.17, 15) is 14.9 Å². The highest BCUT2D eigenvalue weighted by Gasteiger charge is 2.66. The van der Waals surface area contributed by atoms with Crippen LogP contribution in [-0.2, 0) is 14.3 Å². The van der Waals surface area contributed by atoms with Gasteiger partial charge < -0.3 is 4.74 Å². The zero-order valence-electron chi connectivity index (χ0n) is 10.3. The second-order valence-corrected chi connectivity index (χ2v) is 5.45. The lowest BCUT2D eigenvalue weighted by Gasteiger charge is -2.29. The molecule has 3 aliphatic carbocycles. The second kappa shape index (κ2) is 3.68. The lowest BCUT2D eigenvalue weighted by Crippen LogP contribution is -2.38. The Bertz CT molecular complexity index is 490. The first-order chi connectivity index (χ1) is 8.64. The van der Waals surface area contributed by atoms with Crippen LogP contribution in [0.2, 0.25) is 0 Å². The molecule has 0 aromatic heterocycles. The predicted molar refractivity (Wildman–Crippen MR) is 62.0 cm³/mol. The van der Waals surface area contributed by atoms with Gasteiger partial charge in [-0.3, -0.25) is 9.59 Å². The van der Waals surface area contributed by atoms with Crippen molar-refractivity contribution in [1.82, 2.24) is 0 Å². The minimum atomic E-state index is -1.23. The molecule has 94 valence electrons. The van der Waals surface area contributed by atoms with Crippen LogP contribution in [0.4, 0.5) is 0 Å². The van der Waals surface area contributed by atoms with Crippen LogP contribution in [0.3, 0.4) is 0 Å². The van der Waals surface area contributed by atoms with E-state index >= 15 is 0 Å². The summed E-state index contributed by atoms with van der Waals surface area (Å²) in [5.41, 5.74) is -1.23. The summed E-state index contributed by atoms with van der Waals surface area (Å²) in [6.07, 6.45) is 5.08. The zero-order chi connectivity index (χ0) is 12.9. The average Bonchev–Trinajstić information content (AvgIpc) is 3.01. The van der Waals surface area contributed by atoms with Gasteiger partial charge in [0, 0.05) is 18.3 Å². The van der Waals surface area contributed by atoms with Gasteiger partial charge in [-0.2, -0.15) is 5.26 Å². The first kappa shape index (κ1) is 11.5. The van der Waals surface area contributed by atoms with Crippen molar-refractivity contribution in [2.24, 2.45) is 29.1 Å². The van der Waals surface area contributed by atoms with Gasteiger partial charge in [0.15, 0.2) is 5.41 Å². The van der Waals surface area contributed by atoms with E-state index in [-0.39, 0.29) is 42.5 Å². The highest BCUT2D eigenvalue weighted by atomic mass is 16.5. The Kier molecular flexibility index (Phi) is 2.34. The van der Waals surface area contributed by atoms with Crippen molar-refractivity contribution in [3.8, 4) is 6.07 Å². The Morgan fingerprint density at radius 1 is 1.56 bits per heavy atom. The van der Waals surface area contributed by atoms with E-state index in [2.05, 4.69) is 18.2 Å². The SMILES string of the molecule is CCOC(=O)[C@]1(C#N)CC(=O)[C@H]2[C@@H]1[C@@H]1C=C[C@H]2C1. The largest absolute Gasteiger partial charge is 0.465 e. The summed E-state index contributed by atoms with van der Waals surface area (Å²) in [5.74, 6) is -0.318. The Labute approximate surface area is 106 Å². The van der Waals surface area contributed by atoms with Crippen molar-refractivity contribution in [2.45, 2.75) is 19.8 Å². The molecule has 0 aliphatic heterocycles. The van der Waals surface area contributed by atoms with Crippen molar-refractivity contribution in [2.75, 3.05) is 6.61 Å². The molecule has 0 amide bonds. The zero-order valence-corrected chi connectivity index (χ0v) is 10.3. The number of Topliss-reactive ketones (excluding diaryl/α,β-unsaturated/α-hetero) is 1. The summed E-state index contributed by atoms with van der Waals surface area (Å²) in [6, 6.07) is 2.12. The molecule has 3 aliphatic rings. The minimum absolute atomic E-state index is 0.0341. The summed E-state index contributed by atoms with van der Waals surface area (Å²) < 4.78 is 5.05. The van der Waals surface area contributed by atoms with Crippen LogP contribution in [0.15, 0.2) is 12.2 Å². The van der Waals surface area contributed by atoms with Gasteiger partial charge in [-0.15, -0.1) is 0 Å². The van der Waals surface area contributed by atoms with Gasteiger partial charge in [-0.1, -0.05) is 12.2 Å². The van der Waals surface area contributed by atoms with Crippen LogP contribution >= 0.6 is 0 Å². The number of ketones is 1. The van der Waals surface area contributed by atoms with E-state index in [4.69, 9.17) is 4.74 Å². The van der Waals surface area contributed by atoms with Crippen LogP contribution in [-0.4, -0.2) is 18.4 Å². The summed E-state index contributed by atoms with van der Waals surface area (Å²) in [6.45, 7) is 1.97. The van der Waals surface area contributed by atoms with Gasteiger partial charge in [-0.25, -0.2) is 0 Å². The molecule has 0 heterocycles. The lowest BCUT2D eigenvalue weighted by molar-refractivity contribution is -0.154. The quantitative estimate of drug-likeness (QED) is 0.545. The van der Waals surface area contributed by atoms with Crippen molar-refractivity contribution in [3.63, 3.8) is 0 Å². The van der Waals surface area contributed by atoms with Crippen LogP contribution in [0.1, 0.15) is 19.8 Å². The first-order valence-electron chi connectivity index (χ1n) is 6.43. The molecular formula is C14H15NO3. The number of fused-ring (bicyclic) bond motifs is 5. The van der Waals surface area contributed by atoms with Crippen molar-refractivity contribution in [1.29, 1.82) is 5.26 Å². The molecule has 3 rings (SSSR count). The maximum Gasteiger partial charge on any atom is 0.327 e. The van der Waals surface area contributed by atoms with Crippen LogP contribution < -0.4 is 0 Å². The van der Waals surface area contributed by atoms with Crippen LogP contribution in [0.25, 0.3) is 0 Å². The maximum absolute atomic E-state index is 12.1. The van der Waals surface area contributed by atoms with Gasteiger partial charge in [0.1, 0.15) is 5.78 Å². The number of carbonyl (C=O) groups excluding carboxylic acids is 2. The summed E-state index contributed by atoms with van der Waals surface area (Å²) in [5, 5.41) is 9.48. The normalized spacial score (nSPS) is 43.9. The van der Waals surface area contributed by atoms with Gasteiger partial charge in [0.05, 0.1) is 12.7 Å². The number of hydrogen-bond acceptors (Lipinski definition) is 4. The van der Waals surface area contributed by atoms with E-state index in [0.29, 0.717) is 0 Å². The standard InChI is InChI=1S/C14H15NO3/c1-2-18-13(17)14(7-15)6-10(16)11-8-3-4-9(5-8)12(11)14/h3-4,8-9,11-12H,2,5-6H2,1H3/t8-,9+,11-,12-,14-/m0/s1. The van der Waals surface area contributed by atoms with Gasteiger partial charge in [-0.05, 0) is 25.2 Å². The highest BCUT2D eigenvalue weighted by Crippen LogP contribution is 2.61. The second-order valence-electron chi connectivity index (χ2n) is 5.45. The number of hydrogen-bond donors (Lipinski definition) is 0. The molecule has 0 aromatic rings. The molecule has 0 spiro atoms. The molecule has 0 radical (unpaired) electrons. The summed E-state index contributed by atoms with van der Waals surface area (Å²) >= 11 is 0. The molecule has 2 bridgehead atoms. The molecule has 0 aromatic carbocycles. The summed E-state index contributed by atoms with van der Waals surface area (Å²) in [4.78, 5) is 24.3. The van der Waals surface area contributed by atoms with Gasteiger partial charge >= 0.3 is 5.97 Å². The Balaban J connectivity index is 2.02. The lowest BCUT2D eigenvalue weighted by atomic mass is 9.71. The number of rotatable bonds is 2. The molecule has 0 unspecified atom stereocenters. The van der Waals surface area contributed by atoms with E-state index in [1.54, 1.807) is 6.92 Å². The molecule has 4 heteroatoms. The number of allylic oxidation sites excluding steroid dienone is 2. The third-order valence-electron chi connectivity index (χ3n) is 4.69. The Hall–Kier alpha value is -1.63. The maximum atomic E-state index is 12.1. The minimum Gasteiger partial charge on any atom is -0.465 e. The molecule has 0 N–H and O–H groups in total. The molecule has 0 saturated heterocycles. The predicted octanol–water partition coefficient (Wildman–Crippen LogP) is 1.47. The van der Waals surface area contributed by atoms with Crippen molar-refractivity contribution < 1.29 is 14.3 Å². The number of nitriles is 1. The molecule has 2 fully saturated rings. The van der Waals surface area contributed by atoms with Crippen molar-refractivity contribution in [3.05, 3.63) is 12.2 Å². The third kappa shape index (κ3) is 1.19. The fourth-order valence-corrected chi connectivity index (χ4v) is 4.07. The number of nitrogens with zero attached hydrogens (tertiary/aromatic N) is 1. The number of esters is 1. The van der Waals surface area contributed by atoms with E-state index in [1.807, 2.05) is 0 Å². The topological polar surface area (TPSA) is 67.2 Å². The van der Waals surface area contributed by atoms with E-state index in [1.165, 1.54) is 0 Å². The molecule has 5 atom stereocenters. The first-order valence-corrected chi connectivity index (χ1v) is 6.43. The fourth-order valence-electron chi connectivity index (χ4n) is 4.07. The molecule has 2 saturated carbocycles. The monoisotopic (exact) mass is 245 g/mol. The number of ether oxygens (including phenoxy) is 1. The molecule has 4 nitrogen and oxygen atoms in total. The van der Waals surface area contributed by atoms with E-state index < -0.39 is 11.4 Å².